The molecule has 0 N–H and O–H groups in total. The fourth-order valence-corrected chi connectivity index (χ4v) is 1.38. The Morgan fingerprint density at radius 3 is 2.90 bits per heavy atom. The van der Waals surface area contributed by atoms with Crippen LogP contribution >= 0.6 is 0 Å². The molecular formula is C9H14O. The second kappa shape index (κ2) is 3.55. The highest BCUT2D eigenvalue weighted by molar-refractivity contribution is 5.78. The third kappa shape index (κ3) is 2.34. The van der Waals surface area contributed by atoms with Gasteiger partial charge in [0.1, 0.15) is 5.78 Å². The quantitative estimate of drug-likeness (QED) is 0.536. The molecule has 0 radical (unpaired) electrons. The van der Waals surface area contributed by atoms with Crippen LogP contribution in [0.1, 0.15) is 39.0 Å². The molecular weight excluding hydrogens is 124 g/mol. The monoisotopic (exact) mass is 138 g/mol. The number of hydrogen-bond acceptors (Lipinski definition) is 1. The van der Waals surface area contributed by atoms with E-state index in [1.165, 1.54) is 24.8 Å². The van der Waals surface area contributed by atoms with Gasteiger partial charge in [-0.25, -0.2) is 0 Å². The van der Waals surface area contributed by atoms with Crippen LogP contribution in [0.15, 0.2) is 11.6 Å². The van der Waals surface area contributed by atoms with Gasteiger partial charge in [0.2, 0.25) is 0 Å². The van der Waals surface area contributed by atoms with Gasteiger partial charge in [0.15, 0.2) is 0 Å². The topological polar surface area (TPSA) is 17.1 Å². The first-order chi connectivity index (χ1) is 4.79. The fraction of sp³-hybridized carbons (Fsp3) is 0.667. The molecule has 1 heteroatoms. The van der Waals surface area contributed by atoms with Crippen molar-refractivity contribution in [3.05, 3.63) is 11.6 Å². The van der Waals surface area contributed by atoms with Gasteiger partial charge in [0, 0.05) is 6.42 Å². The minimum Gasteiger partial charge on any atom is -0.300 e. The van der Waals surface area contributed by atoms with Crippen molar-refractivity contribution < 1.29 is 4.79 Å². The second-order valence-corrected chi connectivity index (χ2v) is 2.99. The van der Waals surface area contributed by atoms with Crippen LogP contribution in [0, 0.1) is 0 Å². The summed E-state index contributed by atoms with van der Waals surface area (Å²) >= 11 is 0. The summed E-state index contributed by atoms with van der Waals surface area (Å²) < 4.78 is 0. The summed E-state index contributed by atoms with van der Waals surface area (Å²) in [4.78, 5) is 10.7. The summed E-state index contributed by atoms with van der Waals surface area (Å²) in [5.41, 5.74) is 1.36. The van der Waals surface area contributed by atoms with E-state index in [-0.39, 0.29) is 0 Å². The number of ketones is 1. The predicted molar refractivity (Wildman–Crippen MR) is 41.8 cm³/mol. The fourth-order valence-electron chi connectivity index (χ4n) is 1.38. The molecule has 1 aliphatic carbocycles. The molecule has 0 heterocycles. The molecule has 0 atom stereocenters. The Morgan fingerprint density at radius 2 is 2.40 bits per heavy atom. The minimum atomic E-state index is 0.299. The molecule has 0 aromatic carbocycles. The van der Waals surface area contributed by atoms with Crippen LogP contribution in [-0.4, -0.2) is 5.78 Å². The van der Waals surface area contributed by atoms with Crippen LogP contribution in [0.25, 0.3) is 0 Å². The Balaban J connectivity index is 2.38. The predicted octanol–water partition coefficient (Wildman–Crippen LogP) is 2.47. The van der Waals surface area contributed by atoms with E-state index in [1.807, 2.05) is 0 Å². The molecule has 1 nitrogen and oxygen atoms in total. The second-order valence-electron chi connectivity index (χ2n) is 2.99. The number of Topliss-reactive ketones (excluding diaryl/α,β-unsaturated/α-hetero) is 1. The van der Waals surface area contributed by atoms with Gasteiger partial charge in [0.25, 0.3) is 0 Å². The Kier molecular flexibility index (Phi) is 2.67. The third-order valence-electron chi connectivity index (χ3n) is 1.86. The highest BCUT2D eigenvalue weighted by Gasteiger charge is 2.04. The molecule has 1 aliphatic rings. The van der Waals surface area contributed by atoms with Crippen molar-refractivity contribution in [2.24, 2.45) is 0 Å². The lowest BCUT2D eigenvalue weighted by atomic mass is 9.96. The Hall–Kier alpha value is -0.590. The first kappa shape index (κ1) is 7.52. The van der Waals surface area contributed by atoms with E-state index in [0.717, 1.165) is 6.42 Å². The van der Waals surface area contributed by atoms with E-state index in [1.54, 1.807) is 6.92 Å². The summed E-state index contributed by atoms with van der Waals surface area (Å²) in [5.74, 6) is 0.299. The Morgan fingerprint density at radius 1 is 1.60 bits per heavy atom. The molecule has 0 fully saturated rings. The van der Waals surface area contributed by atoms with Gasteiger partial charge in [-0.3, -0.25) is 4.79 Å². The van der Waals surface area contributed by atoms with Crippen LogP contribution in [0.2, 0.25) is 0 Å². The first-order valence-corrected chi connectivity index (χ1v) is 3.96. The summed E-state index contributed by atoms with van der Waals surface area (Å²) in [6, 6.07) is 0. The van der Waals surface area contributed by atoms with Gasteiger partial charge >= 0.3 is 0 Å². The standard InChI is InChI=1S/C9H14O/c1-8(10)7-9-5-3-2-4-6-9/h5H,2-4,6-7H2,1H3. The van der Waals surface area contributed by atoms with E-state index in [4.69, 9.17) is 0 Å². The zero-order chi connectivity index (χ0) is 7.40. The molecule has 1 rings (SSSR count). The number of carbonyl (C=O) groups excluding carboxylic acids is 1. The SMILES string of the molecule is CC(=O)CC1=CCCCC1. The van der Waals surface area contributed by atoms with Crippen molar-refractivity contribution in [3.63, 3.8) is 0 Å². The number of carbonyl (C=O) groups is 1. The highest BCUT2D eigenvalue weighted by Crippen LogP contribution is 2.19. The van der Waals surface area contributed by atoms with E-state index in [0.29, 0.717) is 12.2 Å². The zero-order valence-corrected chi connectivity index (χ0v) is 6.52. The molecule has 10 heavy (non-hydrogen) atoms. The summed E-state index contributed by atoms with van der Waals surface area (Å²) in [6.45, 7) is 1.66. The summed E-state index contributed by atoms with van der Waals surface area (Å²) in [6.07, 6.45) is 7.84. The molecule has 0 unspecified atom stereocenters. The van der Waals surface area contributed by atoms with Crippen molar-refractivity contribution in [1.82, 2.24) is 0 Å². The highest BCUT2D eigenvalue weighted by atomic mass is 16.1. The smallest absolute Gasteiger partial charge is 0.133 e. The molecule has 0 amide bonds. The Bertz CT molecular complexity index is 156. The molecule has 0 saturated heterocycles. The number of hydrogen-bond donors (Lipinski definition) is 0. The Labute approximate surface area is 62.1 Å². The molecule has 0 aromatic rings. The van der Waals surface area contributed by atoms with E-state index < -0.39 is 0 Å². The van der Waals surface area contributed by atoms with Crippen molar-refractivity contribution in [1.29, 1.82) is 0 Å². The molecule has 0 bridgehead atoms. The summed E-state index contributed by atoms with van der Waals surface area (Å²) in [5, 5.41) is 0. The third-order valence-corrected chi connectivity index (χ3v) is 1.86. The first-order valence-electron chi connectivity index (χ1n) is 3.96. The lowest BCUT2D eigenvalue weighted by molar-refractivity contribution is -0.116. The van der Waals surface area contributed by atoms with E-state index in [2.05, 4.69) is 6.08 Å². The maximum absolute atomic E-state index is 10.7. The summed E-state index contributed by atoms with van der Waals surface area (Å²) in [7, 11) is 0. The largest absolute Gasteiger partial charge is 0.300 e. The van der Waals surface area contributed by atoms with Crippen LogP contribution in [0.5, 0.6) is 0 Å². The molecule has 0 spiro atoms. The molecule has 0 aliphatic heterocycles. The van der Waals surface area contributed by atoms with Gasteiger partial charge in [-0.2, -0.15) is 0 Å². The number of allylic oxidation sites excluding steroid dienone is 2. The van der Waals surface area contributed by atoms with Gasteiger partial charge in [-0.15, -0.1) is 0 Å². The number of rotatable bonds is 2. The molecule has 0 saturated carbocycles. The van der Waals surface area contributed by atoms with Gasteiger partial charge < -0.3 is 0 Å². The minimum absolute atomic E-state index is 0.299. The van der Waals surface area contributed by atoms with Crippen molar-refractivity contribution >= 4 is 5.78 Å². The van der Waals surface area contributed by atoms with Crippen LogP contribution in [-0.2, 0) is 4.79 Å². The molecule has 0 aromatic heterocycles. The van der Waals surface area contributed by atoms with Crippen LogP contribution in [0.3, 0.4) is 0 Å². The van der Waals surface area contributed by atoms with Crippen LogP contribution in [0.4, 0.5) is 0 Å². The van der Waals surface area contributed by atoms with Gasteiger partial charge in [-0.1, -0.05) is 11.6 Å². The zero-order valence-electron chi connectivity index (χ0n) is 6.52. The molecule has 56 valence electrons. The van der Waals surface area contributed by atoms with Crippen LogP contribution < -0.4 is 0 Å². The van der Waals surface area contributed by atoms with Crippen molar-refractivity contribution in [2.45, 2.75) is 39.0 Å². The average molecular weight is 138 g/mol. The lowest BCUT2D eigenvalue weighted by Crippen LogP contribution is -1.97. The van der Waals surface area contributed by atoms with Gasteiger partial charge in [-0.05, 0) is 32.6 Å². The maximum Gasteiger partial charge on any atom is 0.133 e. The van der Waals surface area contributed by atoms with E-state index in [9.17, 15) is 4.79 Å². The van der Waals surface area contributed by atoms with Crippen molar-refractivity contribution in [3.8, 4) is 0 Å². The average Bonchev–Trinajstić information content (AvgIpc) is 1.88. The van der Waals surface area contributed by atoms with E-state index >= 15 is 0 Å². The lowest BCUT2D eigenvalue weighted by Gasteiger charge is -2.09. The normalized spacial score (nSPS) is 18.3. The maximum atomic E-state index is 10.7. The van der Waals surface area contributed by atoms with Crippen molar-refractivity contribution in [2.75, 3.05) is 0 Å². The van der Waals surface area contributed by atoms with Gasteiger partial charge in [0.05, 0.1) is 0 Å².